The first-order valence-electron chi connectivity index (χ1n) is 13.5. The maximum atomic E-state index is 13.0. The van der Waals surface area contributed by atoms with Gasteiger partial charge < -0.3 is 25.0 Å². The first-order valence-corrected chi connectivity index (χ1v) is 13.5. The predicted molar refractivity (Wildman–Crippen MR) is 151 cm³/mol. The highest BCUT2D eigenvalue weighted by molar-refractivity contribution is 5.96. The van der Waals surface area contributed by atoms with E-state index in [4.69, 9.17) is 9.47 Å². The summed E-state index contributed by atoms with van der Waals surface area (Å²) in [6, 6.07) is 17.6. The van der Waals surface area contributed by atoms with Crippen LogP contribution in [0, 0.1) is 6.92 Å². The molecule has 5 rings (SSSR count). The van der Waals surface area contributed by atoms with E-state index in [1.165, 1.54) is 0 Å². The fourth-order valence-corrected chi connectivity index (χ4v) is 5.94. The summed E-state index contributed by atoms with van der Waals surface area (Å²) in [5.41, 5.74) is 3.04. The van der Waals surface area contributed by atoms with Gasteiger partial charge in [0, 0.05) is 35.4 Å². The van der Waals surface area contributed by atoms with Gasteiger partial charge in [-0.15, -0.1) is 0 Å². The molecule has 2 N–H and O–H groups in total. The molecule has 1 unspecified atom stereocenters. The number of piperidine rings is 1. The van der Waals surface area contributed by atoms with Gasteiger partial charge in [0.2, 0.25) is 0 Å². The molecule has 0 aliphatic carbocycles. The Labute approximate surface area is 229 Å². The number of methoxy groups -OCH3 is 2. The molecule has 3 aromatic rings. The van der Waals surface area contributed by atoms with Crippen LogP contribution in [0.5, 0.6) is 11.5 Å². The molecule has 39 heavy (non-hydrogen) atoms. The van der Waals surface area contributed by atoms with E-state index in [2.05, 4.69) is 20.5 Å². The van der Waals surface area contributed by atoms with Crippen LogP contribution < -0.4 is 25.0 Å². The SMILES string of the molecule is COc1ccc([C@@H](C)NC(=O)c2ccc(N3[C@@H]4CC[C@H]3CC(NC(=O)c3cccc(OC)c3C)C4)nc2)cc1. The van der Waals surface area contributed by atoms with E-state index in [-0.39, 0.29) is 23.9 Å². The van der Waals surface area contributed by atoms with Crippen LogP contribution in [0.25, 0.3) is 0 Å². The topological polar surface area (TPSA) is 92.8 Å². The van der Waals surface area contributed by atoms with Gasteiger partial charge in [0.1, 0.15) is 17.3 Å². The molecular weight excluding hydrogens is 492 g/mol. The fourth-order valence-electron chi connectivity index (χ4n) is 5.94. The lowest BCUT2D eigenvalue weighted by Crippen LogP contribution is -2.50. The fraction of sp³-hybridized carbons (Fsp3) is 0.387. The zero-order chi connectivity index (χ0) is 27.5. The third-order valence-corrected chi connectivity index (χ3v) is 8.05. The third kappa shape index (κ3) is 5.55. The number of carbonyl (C=O) groups excluding carboxylic acids is 2. The van der Waals surface area contributed by atoms with Gasteiger partial charge in [0.05, 0.1) is 25.8 Å². The van der Waals surface area contributed by atoms with Crippen LogP contribution >= 0.6 is 0 Å². The summed E-state index contributed by atoms with van der Waals surface area (Å²) in [6.07, 6.45) is 5.53. The lowest BCUT2D eigenvalue weighted by Gasteiger charge is -2.40. The molecule has 0 radical (unpaired) electrons. The number of amides is 2. The van der Waals surface area contributed by atoms with Gasteiger partial charge >= 0.3 is 0 Å². The highest BCUT2D eigenvalue weighted by Gasteiger charge is 2.42. The summed E-state index contributed by atoms with van der Waals surface area (Å²) in [5, 5.41) is 6.31. The Morgan fingerprint density at radius 1 is 0.949 bits per heavy atom. The number of aromatic nitrogens is 1. The molecule has 0 spiro atoms. The van der Waals surface area contributed by atoms with Crippen LogP contribution in [-0.4, -0.2) is 49.1 Å². The second-order valence-electron chi connectivity index (χ2n) is 10.4. The summed E-state index contributed by atoms with van der Waals surface area (Å²) < 4.78 is 10.6. The molecule has 1 aromatic heterocycles. The number of hydrogen-bond donors (Lipinski definition) is 2. The summed E-state index contributed by atoms with van der Waals surface area (Å²) >= 11 is 0. The van der Waals surface area contributed by atoms with Gasteiger partial charge in [0.25, 0.3) is 11.8 Å². The van der Waals surface area contributed by atoms with Crippen molar-refractivity contribution in [1.82, 2.24) is 15.6 Å². The molecule has 2 saturated heterocycles. The predicted octanol–water partition coefficient (Wildman–Crippen LogP) is 4.83. The number of fused-ring (bicyclic) bond motifs is 2. The van der Waals surface area contributed by atoms with Crippen LogP contribution in [0.15, 0.2) is 60.8 Å². The number of nitrogens with one attached hydrogen (secondary N) is 2. The van der Waals surface area contributed by atoms with Crippen LogP contribution in [0.3, 0.4) is 0 Å². The molecule has 2 fully saturated rings. The zero-order valence-corrected chi connectivity index (χ0v) is 22.9. The molecule has 2 amide bonds. The number of nitrogens with zero attached hydrogens (tertiary/aromatic N) is 2. The molecule has 8 nitrogen and oxygen atoms in total. The van der Waals surface area contributed by atoms with Crippen molar-refractivity contribution >= 4 is 17.6 Å². The average Bonchev–Trinajstić information content (AvgIpc) is 3.22. The summed E-state index contributed by atoms with van der Waals surface area (Å²) in [5.74, 6) is 2.17. The lowest BCUT2D eigenvalue weighted by atomic mass is 9.96. The highest BCUT2D eigenvalue weighted by Crippen LogP contribution is 2.38. The molecule has 2 bridgehead atoms. The van der Waals surface area contributed by atoms with Crippen molar-refractivity contribution in [1.29, 1.82) is 0 Å². The van der Waals surface area contributed by atoms with E-state index in [0.29, 0.717) is 23.2 Å². The summed E-state index contributed by atoms with van der Waals surface area (Å²) in [4.78, 5) is 33.0. The van der Waals surface area contributed by atoms with E-state index < -0.39 is 0 Å². The number of benzene rings is 2. The molecule has 8 heteroatoms. The third-order valence-electron chi connectivity index (χ3n) is 8.05. The molecule has 2 aliphatic heterocycles. The van der Waals surface area contributed by atoms with Crippen molar-refractivity contribution in [3.8, 4) is 11.5 Å². The number of pyridine rings is 1. The molecular formula is C31H36N4O4. The normalized spacial score (nSPS) is 20.7. The second-order valence-corrected chi connectivity index (χ2v) is 10.4. The molecule has 2 aliphatic rings. The van der Waals surface area contributed by atoms with Crippen molar-refractivity contribution in [2.24, 2.45) is 0 Å². The lowest BCUT2D eigenvalue weighted by molar-refractivity contribution is 0.0922. The Morgan fingerprint density at radius 2 is 1.67 bits per heavy atom. The average molecular weight is 529 g/mol. The van der Waals surface area contributed by atoms with Gasteiger partial charge in [-0.2, -0.15) is 0 Å². The van der Waals surface area contributed by atoms with Gasteiger partial charge in [0.15, 0.2) is 0 Å². The monoisotopic (exact) mass is 528 g/mol. The standard InChI is InChI=1S/C31H36N4O4/c1-19-27(6-5-7-28(19)39-4)31(37)34-23-16-24-11-12-25(17-23)35(24)29-15-10-22(18-32-29)30(36)33-20(2)21-8-13-26(38-3)14-9-21/h5-10,13-15,18,20,23-25H,11-12,16-17H2,1-4H3,(H,33,36)(H,34,37)/t20-,23?,24-,25+/m1/s1. The van der Waals surface area contributed by atoms with E-state index in [1.54, 1.807) is 20.4 Å². The van der Waals surface area contributed by atoms with Gasteiger partial charge in [-0.1, -0.05) is 18.2 Å². The second kappa shape index (κ2) is 11.4. The Hall–Kier alpha value is -4.07. The minimum absolute atomic E-state index is 0.0541. The van der Waals surface area contributed by atoms with Gasteiger partial charge in [-0.05, 0) is 81.5 Å². The van der Waals surface area contributed by atoms with Crippen molar-refractivity contribution in [2.45, 2.75) is 63.7 Å². The van der Waals surface area contributed by atoms with E-state index in [1.807, 2.05) is 68.4 Å². The van der Waals surface area contributed by atoms with Crippen molar-refractivity contribution in [2.75, 3.05) is 19.1 Å². The maximum Gasteiger partial charge on any atom is 0.253 e. The molecule has 3 heterocycles. The Morgan fingerprint density at radius 3 is 2.28 bits per heavy atom. The van der Waals surface area contributed by atoms with E-state index in [9.17, 15) is 9.59 Å². The quantitative estimate of drug-likeness (QED) is 0.435. The van der Waals surface area contributed by atoms with Crippen molar-refractivity contribution in [3.05, 3.63) is 83.0 Å². The molecule has 0 saturated carbocycles. The van der Waals surface area contributed by atoms with Crippen LogP contribution in [0.4, 0.5) is 5.82 Å². The Balaban J connectivity index is 1.20. The maximum absolute atomic E-state index is 13.0. The number of carbonyl (C=O) groups is 2. The molecule has 2 aromatic carbocycles. The first kappa shape index (κ1) is 26.5. The van der Waals surface area contributed by atoms with E-state index in [0.717, 1.165) is 54.1 Å². The Bertz CT molecular complexity index is 1310. The van der Waals surface area contributed by atoms with E-state index >= 15 is 0 Å². The largest absolute Gasteiger partial charge is 0.497 e. The summed E-state index contributed by atoms with van der Waals surface area (Å²) in [7, 11) is 3.25. The smallest absolute Gasteiger partial charge is 0.253 e. The first-order chi connectivity index (χ1) is 18.9. The molecule has 4 atom stereocenters. The van der Waals surface area contributed by atoms with Gasteiger partial charge in [-0.25, -0.2) is 4.98 Å². The number of anilines is 1. The molecule has 204 valence electrons. The number of ether oxygens (including phenoxy) is 2. The minimum atomic E-state index is -0.158. The highest BCUT2D eigenvalue weighted by atomic mass is 16.5. The van der Waals surface area contributed by atoms with Crippen molar-refractivity contribution in [3.63, 3.8) is 0 Å². The zero-order valence-electron chi connectivity index (χ0n) is 22.9. The summed E-state index contributed by atoms with van der Waals surface area (Å²) in [6.45, 7) is 3.87. The minimum Gasteiger partial charge on any atom is -0.497 e. The van der Waals surface area contributed by atoms with Gasteiger partial charge in [-0.3, -0.25) is 9.59 Å². The Kier molecular flexibility index (Phi) is 7.72. The van der Waals surface area contributed by atoms with Crippen LogP contribution in [0.1, 0.15) is 70.5 Å². The number of rotatable bonds is 8. The van der Waals surface area contributed by atoms with Crippen LogP contribution in [-0.2, 0) is 0 Å². The van der Waals surface area contributed by atoms with Crippen LogP contribution in [0.2, 0.25) is 0 Å². The number of hydrogen-bond acceptors (Lipinski definition) is 6. The van der Waals surface area contributed by atoms with Crippen molar-refractivity contribution < 1.29 is 19.1 Å².